The second kappa shape index (κ2) is 8.27. The number of ether oxygens (including phenoxy) is 1. The summed E-state index contributed by atoms with van der Waals surface area (Å²) in [7, 11) is 0. The number of piperidine rings is 1. The van der Waals surface area contributed by atoms with Crippen LogP contribution in [0.2, 0.25) is 10.0 Å². The predicted octanol–water partition coefficient (Wildman–Crippen LogP) is 6.28. The Morgan fingerprint density at radius 2 is 1.68 bits per heavy atom. The molecular formula is C24H24Cl2FNO3. The van der Waals surface area contributed by atoms with Gasteiger partial charge in [0.1, 0.15) is 17.7 Å². The summed E-state index contributed by atoms with van der Waals surface area (Å²) in [4.78, 5) is 13.8. The van der Waals surface area contributed by atoms with Crippen molar-refractivity contribution in [2.24, 2.45) is 0 Å². The lowest BCUT2D eigenvalue weighted by molar-refractivity contribution is 0.0443. The molecule has 0 radical (unpaired) electrons. The molecule has 7 heteroatoms. The van der Waals surface area contributed by atoms with Crippen LogP contribution in [0.5, 0.6) is 5.75 Å². The van der Waals surface area contributed by atoms with Crippen LogP contribution in [0.25, 0.3) is 0 Å². The number of hydrogen-bond acceptors (Lipinski definition) is 3. The average molecular weight is 464 g/mol. The van der Waals surface area contributed by atoms with E-state index < -0.39 is 11.8 Å². The highest BCUT2D eigenvalue weighted by Crippen LogP contribution is 2.44. The first-order valence-corrected chi connectivity index (χ1v) is 11.6. The molecule has 2 saturated heterocycles. The van der Waals surface area contributed by atoms with E-state index in [2.05, 4.69) is 4.90 Å². The molecule has 2 aliphatic heterocycles. The van der Waals surface area contributed by atoms with Crippen LogP contribution in [0.3, 0.4) is 0 Å². The Morgan fingerprint density at radius 1 is 1.03 bits per heavy atom. The summed E-state index contributed by atoms with van der Waals surface area (Å²) >= 11 is 12.2. The van der Waals surface area contributed by atoms with Gasteiger partial charge < -0.3 is 9.84 Å². The molecule has 1 saturated carbocycles. The van der Waals surface area contributed by atoms with Crippen LogP contribution >= 0.6 is 23.2 Å². The zero-order valence-corrected chi connectivity index (χ0v) is 18.5. The van der Waals surface area contributed by atoms with Gasteiger partial charge in [0.05, 0.1) is 5.56 Å². The summed E-state index contributed by atoms with van der Waals surface area (Å²) in [5.74, 6) is -0.794. The maximum absolute atomic E-state index is 14.5. The van der Waals surface area contributed by atoms with Crippen LogP contribution in [0.15, 0.2) is 30.3 Å². The Labute approximate surface area is 190 Å². The molecule has 3 aliphatic rings. The van der Waals surface area contributed by atoms with Crippen molar-refractivity contribution in [2.75, 3.05) is 0 Å². The molecular weight excluding hydrogens is 440 g/mol. The molecule has 3 atom stereocenters. The number of nitrogens with zero attached hydrogens (tertiary/aromatic N) is 1. The average Bonchev–Trinajstić information content (AvgIpc) is 3.48. The molecule has 2 aromatic rings. The third-order valence-electron chi connectivity index (χ3n) is 6.81. The van der Waals surface area contributed by atoms with E-state index in [4.69, 9.17) is 27.9 Å². The number of hydrogen-bond donors (Lipinski definition) is 1. The van der Waals surface area contributed by atoms with Crippen molar-refractivity contribution in [2.45, 2.75) is 69.2 Å². The first-order valence-electron chi connectivity index (χ1n) is 10.8. The van der Waals surface area contributed by atoms with E-state index in [1.54, 1.807) is 24.3 Å². The predicted molar refractivity (Wildman–Crippen MR) is 118 cm³/mol. The van der Waals surface area contributed by atoms with Gasteiger partial charge in [-0.15, -0.1) is 0 Å². The number of fused-ring (bicyclic) bond motifs is 2. The van der Waals surface area contributed by atoms with E-state index in [0.717, 1.165) is 49.7 Å². The summed E-state index contributed by atoms with van der Waals surface area (Å²) in [6.07, 6.45) is 6.16. The SMILES string of the molecule is O=C(O)c1cc(C2CC2)c(CN2[C@@H]3CC[C@H]2C[C@@H](Oc2cc(Cl)cc(Cl)c2)C3)cc1F. The highest BCUT2D eigenvalue weighted by Gasteiger charge is 2.42. The van der Waals surface area contributed by atoms with Crippen LogP contribution in [0, 0.1) is 5.82 Å². The molecule has 1 N–H and O–H groups in total. The van der Waals surface area contributed by atoms with Gasteiger partial charge in [0.15, 0.2) is 0 Å². The van der Waals surface area contributed by atoms with Crippen molar-refractivity contribution in [3.8, 4) is 5.75 Å². The molecule has 2 bridgehead atoms. The van der Waals surface area contributed by atoms with Crippen molar-refractivity contribution in [3.63, 3.8) is 0 Å². The Kier molecular flexibility index (Phi) is 5.61. The summed E-state index contributed by atoms with van der Waals surface area (Å²) in [6, 6.07) is 9.01. The minimum Gasteiger partial charge on any atom is -0.490 e. The Bertz CT molecular complexity index is 992. The number of carbonyl (C=O) groups is 1. The highest BCUT2D eigenvalue weighted by molar-refractivity contribution is 6.34. The summed E-state index contributed by atoms with van der Waals surface area (Å²) in [6.45, 7) is 0.660. The van der Waals surface area contributed by atoms with Crippen LogP contribution in [0.4, 0.5) is 4.39 Å². The van der Waals surface area contributed by atoms with Crippen LogP contribution in [0.1, 0.15) is 65.9 Å². The molecule has 2 heterocycles. The molecule has 4 nitrogen and oxygen atoms in total. The van der Waals surface area contributed by atoms with Crippen LogP contribution in [-0.4, -0.2) is 34.2 Å². The molecule has 1 aliphatic carbocycles. The standard InChI is InChI=1S/C24H24Cl2FNO3/c25-15-6-16(26)8-19(7-15)31-20-9-17-3-4-18(10-20)28(17)12-14-5-23(27)22(24(29)30)11-21(14)13-1-2-13/h5-8,11,13,17-18,20H,1-4,9-10,12H2,(H,29,30)/t17-,18+,20+. The highest BCUT2D eigenvalue weighted by atomic mass is 35.5. The normalized spacial score (nSPS) is 25.6. The first-order chi connectivity index (χ1) is 14.9. The fourth-order valence-corrected chi connectivity index (χ4v) is 5.78. The van der Waals surface area contributed by atoms with Gasteiger partial charge in [0.2, 0.25) is 0 Å². The smallest absolute Gasteiger partial charge is 0.338 e. The number of rotatable bonds is 6. The number of benzene rings is 2. The number of carboxylic acid groups (broad SMARTS) is 1. The molecule has 0 amide bonds. The van der Waals surface area contributed by atoms with Crippen molar-refractivity contribution in [1.29, 1.82) is 0 Å². The molecule has 3 fully saturated rings. The van der Waals surface area contributed by atoms with E-state index in [1.165, 1.54) is 6.07 Å². The van der Waals surface area contributed by atoms with Gasteiger partial charge in [-0.2, -0.15) is 0 Å². The van der Waals surface area contributed by atoms with Gasteiger partial charge in [-0.1, -0.05) is 23.2 Å². The zero-order valence-electron chi connectivity index (χ0n) is 17.0. The molecule has 0 aromatic heterocycles. The molecule has 5 rings (SSSR count). The maximum atomic E-state index is 14.5. The van der Waals surface area contributed by atoms with E-state index >= 15 is 0 Å². The van der Waals surface area contributed by atoms with Crippen molar-refractivity contribution in [1.82, 2.24) is 4.90 Å². The van der Waals surface area contributed by atoms with Gasteiger partial charge in [-0.3, -0.25) is 4.90 Å². The lowest BCUT2D eigenvalue weighted by Gasteiger charge is -2.39. The van der Waals surface area contributed by atoms with Crippen molar-refractivity contribution in [3.05, 3.63) is 62.9 Å². The number of aromatic carboxylic acids is 1. The fraction of sp³-hybridized carbons (Fsp3) is 0.458. The molecule has 2 aromatic carbocycles. The number of carboxylic acids is 1. The van der Waals surface area contributed by atoms with Crippen molar-refractivity contribution < 1.29 is 19.0 Å². The van der Waals surface area contributed by atoms with E-state index in [9.17, 15) is 14.3 Å². The van der Waals surface area contributed by atoms with Crippen LogP contribution < -0.4 is 4.74 Å². The van der Waals surface area contributed by atoms with E-state index in [1.807, 2.05) is 0 Å². The largest absolute Gasteiger partial charge is 0.490 e. The van der Waals surface area contributed by atoms with Gasteiger partial charge in [0, 0.05) is 28.7 Å². The summed E-state index contributed by atoms with van der Waals surface area (Å²) < 4.78 is 20.7. The minimum atomic E-state index is -1.20. The first kappa shape index (κ1) is 21.0. The molecule has 164 valence electrons. The van der Waals surface area contributed by atoms with Crippen molar-refractivity contribution >= 4 is 29.2 Å². The quantitative estimate of drug-likeness (QED) is 0.547. The van der Waals surface area contributed by atoms with E-state index in [-0.39, 0.29) is 11.7 Å². The maximum Gasteiger partial charge on any atom is 0.338 e. The third kappa shape index (κ3) is 4.41. The Hall–Kier alpha value is -1.82. The van der Waals surface area contributed by atoms with Crippen LogP contribution in [-0.2, 0) is 6.54 Å². The Balaban J connectivity index is 1.32. The molecule has 0 unspecified atom stereocenters. The second-order valence-electron chi connectivity index (χ2n) is 8.98. The summed E-state index contributed by atoms with van der Waals surface area (Å²) in [5.41, 5.74) is 1.72. The zero-order chi connectivity index (χ0) is 21.7. The molecule has 0 spiro atoms. The fourth-order valence-electron chi connectivity index (χ4n) is 5.27. The van der Waals surface area contributed by atoms with Gasteiger partial charge in [-0.25, -0.2) is 9.18 Å². The van der Waals surface area contributed by atoms with Gasteiger partial charge >= 0.3 is 5.97 Å². The third-order valence-corrected chi connectivity index (χ3v) is 7.25. The molecule has 31 heavy (non-hydrogen) atoms. The van der Waals surface area contributed by atoms with E-state index in [0.29, 0.717) is 40.3 Å². The number of halogens is 3. The second-order valence-corrected chi connectivity index (χ2v) is 9.86. The lowest BCUT2D eigenvalue weighted by Crippen LogP contribution is -2.45. The van der Waals surface area contributed by atoms with Gasteiger partial charge in [-0.05, 0) is 85.9 Å². The minimum absolute atomic E-state index is 0.0947. The topological polar surface area (TPSA) is 49.8 Å². The summed E-state index contributed by atoms with van der Waals surface area (Å²) in [5, 5.41) is 10.4. The lowest BCUT2D eigenvalue weighted by atomic mass is 9.95. The Morgan fingerprint density at radius 3 is 2.26 bits per heavy atom. The monoisotopic (exact) mass is 463 g/mol. The van der Waals surface area contributed by atoms with Gasteiger partial charge in [0.25, 0.3) is 0 Å².